The number of carbonyl (C=O) groups is 1. The van der Waals surface area contributed by atoms with Crippen molar-refractivity contribution in [3.05, 3.63) is 52.7 Å². The topological polar surface area (TPSA) is 74.5 Å². The normalized spacial score (nSPS) is 10.5. The van der Waals surface area contributed by atoms with E-state index in [1.165, 1.54) is 11.3 Å². The second-order valence-electron chi connectivity index (χ2n) is 4.40. The molecule has 0 aliphatic carbocycles. The Morgan fingerprint density at radius 3 is 3.00 bits per heavy atom. The van der Waals surface area contributed by atoms with Gasteiger partial charge in [0.05, 0.1) is 4.88 Å². The minimum Gasteiger partial charge on any atom is -0.482 e. The SMILES string of the molecule is O=C(COc1cccc(Cl)c1)OCc1nc(-c2cccs2)no1. The Hall–Kier alpha value is -2.38. The predicted molar refractivity (Wildman–Crippen MR) is 84.4 cm³/mol. The highest BCUT2D eigenvalue weighted by atomic mass is 35.5. The highest BCUT2D eigenvalue weighted by Crippen LogP contribution is 2.21. The molecule has 3 rings (SSSR count). The van der Waals surface area contributed by atoms with Crippen LogP contribution in [0.1, 0.15) is 5.89 Å². The van der Waals surface area contributed by atoms with Gasteiger partial charge in [-0.2, -0.15) is 4.98 Å². The van der Waals surface area contributed by atoms with Gasteiger partial charge >= 0.3 is 5.97 Å². The molecule has 0 spiro atoms. The molecule has 8 heteroatoms. The lowest BCUT2D eigenvalue weighted by Gasteiger charge is -2.05. The van der Waals surface area contributed by atoms with Gasteiger partial charge in [0.25, 0.3) is 5.89 Å². The highest BCUT2D eigenvalue weighted by molar-refractivity contribution is 7.13. The molecule has 0 atom stereocenters. The molecule has 0 aliphatic heterocycles. The van der Waals surface area contributed by atoms with Gasteiger partial charge in [0.1, 0.15) is 5.75 Å². The molecule has 0 radical (unpaired) electrons. The van der Waals surface area contributed by atoms with E-state index in [4.69, 9.17) is 25.6 Å². The summed E-state index contributed by atoms with van der Waals surface area (Å²) in [4.78, 5) is 16.7. The number of carbonyl (C=O) groups excluding carboxylic acids is 1. The lowest BCUT2D eigenvalue weighted by molar-refractivity contribution is -0.148. The number of thiophene rings is 1. The first-order valence-corrected chi connectivity index (χ1v) is 7.87. The molecular weight excluding hydrogens is 340 g/mol. The summed E-state index contributed by atoms with van der Waals surface area (Å²) < 4.78 is 15.3. The number of rotatable bonds is 6. The van der Waals surface area contributed by atoms with Crippen molar-refractivity contribution in [3.63, 3.8) is 0 Å². The highest BCUT2D eigenvalue weighted by Gasteiger charge is 2.12. The van der Waals surface area contributed by atoms with Crippen LogP contribution < -0.4 is 4.74 Å². The number of halogens is 1. The van der Waals surface area contributed by atoms with Crippen LogP contribution in [0.15, 0.2) is 46.3 Å². The van der Waals surface area contributed by atoms with Crippen LogP contribution in [-0.4, -0.2) is 22.7 Å². The monoisotopic (exact) mass is 350 g/mol. The molecule has 0 amide bonds. The maximum atomic E-state index is 11.6. The Morgan fingerprint density at radius 2 is 2.22 bits per heavy atom. The number of hydrogen-bond acceptors (Lipinski definition) is 7. The molecule has 0 fully saturated rings. The Bertz CT molecular complexity index is 788. The number of ether oxygens (including phenoxy) is 2. The molecule has 0 saturated carbocycles. The molecule has 2 aromatic heterocycles. The summed E-state index contributed by atoms with van der Waals surface area (Å²) in [5, 5.41) is 6.27. The first-order chi connectivity index (χ1) is 11.2. The molecule has 3 aromatic rings. The van der Waals surface area contributed by atoms with Crippen molar-refractivity contribution in [2.75, 3.05) is 6.61 Å². The van der Waals surface area contributed by atoms with E-state index >= 15 is 0 Å². The van der Waals surface area contributed by atoms with Crippen molar-refractivity contribution in [1.29, 1.82) is 0 Å². The molecule has 0 N–H and O–H groups in total. The maximum Gasteiger partial charge on any atom is 0.344 e. The lowest BCUT2D eigenvalue weighted by Crippen LogP contribution is -2.14. The van der Waals surface area contributed by atoms with Gasteiger partial charge in [-0.3, -0.25) is 0 Å². The van der Waals surface area contributed by atoms with Gasteiger partial charge in [-0.05, 0) is 29.6 Å². The van der Waals surface area contributed by atoms with E-state index in [0.29, 0.717) is 16.6 Å². The molecule has 0 saturated heterocycles. The van der Waals surface area contributed by atoms with E-state index < -0.39 is 5.97 Å². The third-order valence-corrected chi connectivity index (χ3v) is 3.82. The van der Waals surface area contributed by atoms with Crippen molar-refractivity contribution in [3.8, 4) is 16.5 Å². The van der Waals surface area contributed by atoms with Gasteiger partial charge in [-0.1, -0.05) is 28.9 Å². The molecule has 2 heterocycles. The Balaban J connectivity index is 1.47. The van der Waals surface area contributed by atoms with E-state index in [1.807, 2.05) is 17.5 Å². The van der Waals surface area contributed by atoms with E-state index in [2.05, 4.69) is 10.1 Å². The molecular formula is C15H11ClN2O4S. The lowest BCUT2D eigenvalue weighted by atomic mass is 10.3. The summed E-state index contributed by atoms with van der Waals surface area (Å²) in [7, 11) is 0. The fourth-order valence-electron chi connectivity index (χ4n) is 1.70. The zero-order chi connectivity index (χ0) is 16.1. The van der Waals surface area contributed by atoms with Gasteiger partial charge in [-0.25, -0.2) is 4.79 Å². The zero-order valence-electron chi connectivity index (χ0n) is 11.8. The molecule has 0 bridgehead atoms. The average Bonchev–Trinajstić information content (AvgIpc) is 3.22. The van der Waals surface area contributed by atoms with Gasteiger partial charge in [0.2, 0.25) is 5.82 Å². The van der Waals surface area contributed by atoms with Crippen molar-refractivity contribution in [2.45, 2.75) is 6.61 Å². The van der Waals surface area contributed by atoms with E-state index in [0.717, 1.165) is 4.88 Å². The van der Waals surface area contributed by atoms with Crippen LogP contribution in [0, 0.1) is 0 Å². The van der Waals surface area contributed by atoms with Crippen LogP contribution in [0.3, 0.4) is 0 Å². The minimum absolute atomic E-state index is 0.101. The van der Waals surface area contributed by atoms with Crippen LogP contribution in [0.4, 0.5) is 0 Å². The standard InChI is InChI=1S/C15H11ClN2O4S/c16-10-3-1-4-11(7-10)20-9-14(19)21-8-13-17-15(18-22-13)12-5-2-6-23-12/h1-7H,8-9H2. The fraction of sp³-hybridized carbons (Fsp3) is 0.133. The summed E-state index contributed by atoms with van der Waals surface area (Å²) in [6, 6.07) is 10.5. The first-order valence-electron chi connectivity index (χ1n) is 6.61. The summed E-state index contributed by atoms with van der Waals surface area (Å²) >= 11 is 7.32. The molecule has 0 aliphatic rings. The van der Waals surface area contributed by atoms with Crippen LogP contribution in [0.5, 0.6) is 5.75 Å². The second-order valence-corrected chi connectivity index (χ2v) is 5.78. The van der Waals surface area contributed by atoms with Crippen LogP contribution >= 0.6 is 22.9 Å². The second kappa shape index (κ2) is 7.26. The van der Waals surface area contributed by atoms with Crippen LogP contribution in [-0.2, 0) is 16.1 Å². The molecule has 0 unspecified atom stereocenters. The summed E-state index contributed by atoms with van der Waals surface area (Å²) in [5.74, 6) is 0.652. The predicted octanol–water partition coefficient (Wildman–Crippen LogP) is 3.57. The van der Waals surface area contributed by atoms with E-state index in [-0.39, 0.29) is 19.1 Å². The fourth-order valence-corrected chi connectivity index (χ4v) is 2.53. The number of benzene rings is 1. The Morgan fingerprint density at radius 1 is 1.30 bits per heavy atom. The third kappa shape index (κ3) is 4.30. The maximum absolute atomic E-state index is 11.6. The number of esters is 1. The Labute approximate surface area is 140 Å². The molecule has 6 nitrogen and oxygen atoms in total. The number of hydrogen-bond donors (Lipinski definition) is 0. The van der Waals surface area contributed by atoms with Crippen molar-refractivity contribution >= 4 is 28.9 Å². The molecule has 118 valence electrons. The van der Waals surface area contributed by atoms with Crippen molar-refractivity contribution in [2.24, 2.45) is 0 Å². The van der Waals surface area contributed by atoms with E-state index in [9.17, 15) is 4.79 Å². The number of aromatic nitrogens is 2. The first kappa shape index (κ1) is 15.5. The van der Waals surface area contributed by atoms with Gasteiger partial charge in [0.15, 0.2) is 13.2 Å². The van der Waals surface area contributed by atoms with Crippen molar-refractivity contribution < 1.29 is 18.8 Å². The van der Waals surface area contributed by atoms with Gasteiger partial charge in [0, 0.05) is 5.02 Å². The smallest absolute Gasteiger partial charge is 0.344 e. The summed E-state index contributed by atoms with van der Waals surface area (Å²) in [5.41, 5.74) is 0. The zero-order valence-corrected chi connectivity index (χ0v) is 13.3. The minimum atomic E-state index is -0.541. The summed E-state index contributed by atoms with van der Waals surface area (Å²) in [6.45, 7) is -0.331. The van der Waals surface area contributed by atoms with Crippen LogP contribution in [0.2, 0.25) is 5.02 Å². The van der Waals surface area contributed by atoms with Gasteiger partial charge < -0.3 is 14.0 Å². The Kier molecular flexibility index (Phi) is 4.89. The quantitative estimate of drug-likeness (QED) is 0.633. The molecule has 1 aromatic carbocycles. The van der Waals surface area contributed by atoms with Crippen molar-refractivity contribution in [1.82, 2.24) is 10.1 Å². The molecule has 23 heavy (non-hydrogen) atoms. The average molecular weight is 351 g/mol. The van der Waals surface area contributed by atoms with Crippen LogP contribution in [0.25, 0.3) is 10.7 Å². The largest absolute Gasteiger partial charge is 0.482 e. The summed E-state index contributed by atoms with van der Waals surface area (Å²) in [6.07, 6.45) is 0. The third-order valence-electron chi connectivity index (χ3n) is 2.72. The van der Waals surface area contributed by atoms with Gasteiger partial charge in [-0.15, -0.1) is 11.3 Å². The number of nitrogens with zero attached hydrogens (tertiary/aromatic N) is 2. The van der Waals surface area contributed by atoms with E-state index in [1.54, 1.807) is 24.3 Å².